The van der Waals surface area contributed by atoms with Gasteiger partial charge in [-0.25, -0.2) is 9.97 Å². The minimum absolute atomic E-state index is 0.182. The maximum atomic E-state index is 10.5. The molecule has 2 aromatic heterocycles. The predicted octanol–water partition coefficient (Wildman–Crippen LogP) is 4.19. The lowest BCUT2D eigenvalue weighted by atomic mass is 9.88. The molecule has 3 atom stereocenters. The molecule has 4 heterocycles. The van der Waals surface area contributed by atoms with Crippen LogP contribution < -0.4 is 5.32 Å². The Morgan fingerprint density at radius 2 is 1.93 bits per heavy atom. The molecule has 2 aliphatic rings. The minimum atomic E-state index is 0.182. The van der Waals surface area contributed by atoms with Crippen molar-refractivity contribution in [3.05, 3.63) is 49.3 Å². The summed E-state index contributed by atoms with van der Waals surface area (Å²) in [5.74, 6) is 0.182. The summed E-state index contributed by atoms with van der Waals surface area (Å²) in [7, 11) is 0. The van der Waals surface area contributed by atoms with E-state index in [1.54, 1.807) is 24.8 Å². The van der Waals surface area contributed by atoms with Gasteiger partial charge in [-0.2, -0.15) is 0 Å². The first kappa shape index (κ1) is 18.6. The van der Waals surface area contributed by atoms with Gasteiger partial charge >= 0.3 is 0 Å². The number of phenolic OH excluding ortho intramolecular Hbond substituents is 1. The van der Waals surface area contributed by atoms with Crippen LogP contribution >= 0.6 is 11.8 Å². The summed E-state index contributed by atoms with van der Waals surface area (Å²) in [6.45, 7) is 4.69. The van der Waals surface area contributed by atoms with Crippen LogP contribution in [0.5, 0.6) is 5.75 Å². The first-order valence-electron chi connectivity index (χ1n) is 10.0. The SMILES string of the molecule is C[C@]12CC[C@](C)(C[C@H](Sc3cnc(-c4ccc(-n5ccnc5)cc4O)cn3)C1)N2. The zero-order valence-electron chi connectivity index (χ0n) is 16.7. The molecular weight excluding hydrogens is 382 g/mol. The van der Waals surface area contributed by atoms with Gasteiger partial charge in [0.1, 0.15) is 10.8 Å². The molecule has 2 saturated heterocycles. The summed E-state index contributed by atoms with van der Waals surface area (Å²) in [6.07, 6.45) is 13.7. The van der Waals surface area contributed by atoms with Gasteiger partial charge in [-0.3, -0.25) is 4.98 Å². The van der Waals surface area contributed by atoms with Gasteiger partial charge in [-0.1, -0.05) is 0 Å². The highest BCUT2D eigenvalue weighted by atomic mass is 32.2. The second-order valence-corrected chi connectivity index (χ2v) is 10.1. The number of aromatic nitrogens is 4. The van der Waals surface area contributed by atoms with Gasteiger partial charge in [-0.05, 0) is 51.7 Å². The van der Waals surface area contributed by atoms with Crippen LogP contribution in [0.2, 0.25) is 0 Å². The molecule has 0 spiro atoms. The van der Waals surface area contributed by atoms with Gasteiger partial charge in [0.2, 0.25) is 0 Å². The zero-order valence-corrected chi connectivity index (χ0v) is 17.5. The van der Waals surface area contributed by atoms with Gasteiger partial charge in [0.05, 0.1) is 30.1 Å². The van der Waals surface area contributed by atoms with E-state index in [9.17, 15) is 5.11 Å². The quantitative estimate of drug-likeness (QED) is 0.675. The summed E-state index contributed by atoms with van der Waals surface area (Å²) in [5, 5.41) is 15.8. The number of nitrogens with zero attached hydrogens (tertiary/aromatic N) is 4. The van der Waals surface area contributed by atoms with Crippen LogP contribution in [-0.2, 0) is 0 Å². The van der Waals surface area contributed by atoms with E-state index in [0.29, 0.717) is 16.5 Å². The third-order valence-electron chi connectivity index (χ3n) is 6.16. The molecule has 1 aromatic carbocycles. The average Bonchev–Trinajstić information content (AvgIpc) is 3.28. The van der Waals surface area contributed by atoms with Gasteiger partial charge in [0.15, 0.2) is 0 Å². The molecule has 29 heavy (non-hydrogen) atoms. The van der Waals surface area contributed by atoms with Gasteiger partial charge in [-0.15, -0.1) is 11.8 Å². The highest BCUT2D eigenvalue weighted by Gasteiger charge is 2.48. The van der Waals surface area contributed by atoms with Gasteiger partial charge in [0.25, 0.3) is 0 Å². The van der Waals surface area contributed by atoms with E-state index in [4.69, 9.17) is 0 Å². The van der Waals surface area contributed by atoms with Crippen molar-refractivity contribution in [3.63, 3.8) is 0 Å². The molecule has 0 saturated carbocycles. The standard InChI is InChI=1S/C22H25N5OS/c1-21-5-6-22(2,26-21)11-16(10-21)29-20-13-24-18(12-25-20)17-4-3-15(9-19(17)28)27-8-7-23-14-27/h3-4,7-9,12-14,16,26,28H,5-6,10-11H2,1-2H3/t16-,21+,22-. The second-order valence-electron chi connectivity index (χ2n) is 8.81. The van der Waals surface area contributed by atoms with Crippen LogP contribution in [0.4, 0.5) is 0 Å². The highest BCUT2D eigenvalue weighted by molar-refractivity contribution is 7.99. The minimum Gasteiger partial charge on any atom is -0.507 e. The number of benzene rings is 1. The summed E-state index contributed by atoms with van der Waals surface area (Å²) < 4.78 is 1.85. The number of hydrogen-bond donors (Lipinski definition) is 2. The number of nitrogens with one attached hydrogen (secondary N) is 1. The smallest absolute Gasteiger partial charge is 0.127 e. The average molecular weight is 408 g/mol. The maximum absolute atomic E-state index is 10.5. The molecule has 2 aliphatic heterocycles. The molecule has 0 aliphatic carbocycles. The molecule has 3 aromatic rings. The number of aromatic hydroxyl groups is 1. The van der Waals surface area contributed by atoms with E-state index in [1.165, 1.54) is 12.8 Å². The molecule has 2 fully saturated rings. The normalized spacial score (nSPS) is 28.6. The van der Waals surface area contributed by atoms with E-state index >= 15 is 0 Å². The Morgan fingerprint density at radius 3 is 2.55 bits per heavy atom. The molecule has 150 valence electrons. The van der Waals surface area contributed by atoms with Crippen LogP contribution in [0, 0.1) is 0 Å². The summed E-state index contributed by atoms with van der Waals surface area (Å²) in [6, 6.07) is 5.52. The first-order chi connectivity index (χ1) is 13.9. The lowest BCUT2D eigenvalue weighted by Gasteiger charge is -2.41. The molecule has 0 amide bonds. The number of imidazole rings is 1. The van der Waals surface area contributed by atoms with Crippen molar-refractivity contribution >= 4 is 11.8 Å². The topological polar surface area (TPSA) is 75.9 Å². The van der Waals surface area contributed by atoms with E-state index < -0.39 is 0 Å². The lowest BCUT2D eigenvalue weighted by Crippen LogP contribution is -2.54. The Hall–Kier alpha value is -2.38. The second kappa shape index (κ2) is 6.85. The number of piperidine rings is 1. The van der Waals surface area contributed by atoms with Crippen LogP contribution in [0.1, 0.15) is 39.5 Å². The van der Waals surface area contributed by atoms with Crippen molar-refractivity contribution in [1.82, 2.24) is 24.8 Å². The van der Waals surface area contributed by atoms with Crippen molar-refractivity contribution in [1.29, 1.82) is 0 Å². The van der Waals surface area contributed by atoms with E-state index in [2.05, 4.69) is 34.1 Å². The Kier molecular flexibility index (Phi) is 4.40. The monoisotopic (exact) mass is 407 g/mol. The Bertz CT molecular complexity index is 1000. The fourth-order valence-corrected chi connectivity index (χ4v) is 6.34. The van der Waals surface area contributed by atoms with E-state index in [-0.39, 0.29) is 16.8 Å². The van der Waals surface area contributed by atoms with Crippen LogP contribution in [0.15, 0.2) is 54.3 Å². The molecule has 2 N–H and O–H groups in total. The summed E-state index contributed by atoms with van der Waals surface area (Å²) >= 11 is 1.83. The van der Waals surface area contributed by atoms with Crippen LogP contribution in [-0.4, -0.2) is 41.0 Å². The number of thioether (sulfide) groups is 1. The van der Waals surface area contributed by atoms with Crippen molar-refractivity contribution < 1.29 is 5.11 Å². The number of hydrogen-bond acceptors (Lipinski definition) is 6. The van der Waals surface area contributed by atoms with E-state index in [0.717, 1.165) is 23.6 Å². The fraction of sp³-hybridized carbons (Fsp3) is 0.409. The van der Waals surface area contributed by atoms with Crippen molar-refractivity contribution in [2.45, 2.75) is 60.9 Å². The number of rotatable bonds is 4. The Labute approximate surface area is 174 Å². The van der Waals surface area contributed by atoms with Crippen molar-refractivity contribution in [3.8, 4) is 22.7 Å². The van der Waals surface area contributed by atoms with E-state index in [1.807, 2.05) is 40.9 Å². The van der Waals surface area contributed by atoms with Crippen LogP contribution in [0.25, 0.3) is 16.9 Å². The van der Waals surface area contributed by atoms with Gasteiger partial charge < -0.3 is 15.0 Å². The molecule has 5 rings (SSSR count). The lowest BCUT2D eigenvalue weighted by molar-refractivity contribution is 0.241. The fourth-order valence-electron chi connectivity index (χ4n) is 4.87. The molecule has 7 heteroatoms. The Balaban J connectivity index is 1.32. The van der Waals surface area contributed by atoms with Crippen molar-refractivity contribution in [2.75, 3.05) is 0 Å². The maximum Gasteiger partial charge on any atom is 0.127 e. The zero-order chi connectivity index (χ0) is 20.1. The number of phenols is 1. The largest absolute Gasteiger partial charge is 0.507 e. The molecular formula is C22H25N5OS. The van der Waals surface area contributed by atoms with Crippen LogP contribution in [0.3, 0.4) is 0 Å². The first-order valence-corrected chi connectivity index (χ1v) is 10.9. The van der Waals surface area contributed by atoms with Crippen molar-refractivity contribution in [2.24, 2.45) is 0 Å². The molecule has 0 unspecified atom stereocenters. The molecule has 6 nitrogen and oxygen atoms in total. The predicted molar refractivity (Wildman–Crippen MR) is 114 cm³/mol. The third kappa shape index (κ3) is 3.65. The molecule has 0 radical (unpaired) electrons. The molecule has 2 bridgehead atoms. The highest BCUT2D eigenvalue weighted by Crippen LogP contribution is 2.46. The van der Waals surface area contributed by atoms with Gasteiger partial charge in [0, 0.05) is 40.4 Å². The summed E-state index contributed by atoms with van der Waals surface area (Å²) in [5.41, 5.74) is 2.71. The third-order valence-corrected chi connectivity index (χ3v) is 7.28. The Morgan fingerprint density at radius 1 is 1.14 bits per heavy atom. The number of fused-ring (bicyclic) bond motifs is 2. The summed E-state index contributed by atoms with van der Waals surface area (Å²) in [4.78, 5) is 13.3.